The van der Waals surface area contributed by atoms with Gasteiger partial charge in [-0.25, -0.2) is 4.79 Å². The fourth-order valence-electron chi connectivity index (χ4n) is 1.55. The highest BCUT2D eigenvalue weighted by atomic mass is 16.4. The van der Waals surface area contributed by atoms with Crippen LogP contribution < -0.4 is 5.63 Å². The zero-order valence-corrected chi connectivity index (χ0v) is 8.00. The lowest BCUT2D eigenvalue weighted by Gasteiger charge is -2.04. The summed E-state index contributed by atoms with van der Waals surface area (Å²) in [6.45, 7) is 3.70. The minimum absolute atomic E-state index is 0.0162. The molecule has 0 unspecified atom stereocenters. The fraction of sp³-hybridized carbons (Fsp3) is 0.182. The molecule has 2 aromatic rings. The molecule has 0 radical (unpaired) electrons. The van der Waals surface area contributed by atoms with Crippen LogP contribution in [0.25, 0.3) is 11.0 Å². The second kappa shape index (κ2) is 2.87. The van der Waals surface area contributed by atoms with Crippen LogP contribution in [0, 0.1) is 13.8 Å². The summed E-state index contributed by atoms with van der Waals surface area (Å²) in [5.74, 6) is -0.0162. The van der Waals surface area contributed by atoms with Crippen molar-refractivity contribution < 1.29 is 9.52 Å². The smallest absolute Gasteiger partial charge is 0.339 e. The minimum Gasteiger partial charge on any atom is -0.507 e. The first-order valence-electron chi connectivity index (χ1n) is 4.32. The normalized spacial score (nSPS) is 10.7. The third kappa shape index (κ3) is 1.18. The van der Waals surface area contributed by atoms with Gasteiger partial charge in [-0.05, 0) is 25.0 Å². The van der Waals surface area contributed by atoms with E-state index >= 15 is 0 Å². The van der Waals surface area contributed by atoms with Gasteiger partial charge in [0.05, 0.1) is 11.5 Å². The monoisotopic (exact) mass is 190 g/mol. The van der Waals surface area contributed by atoms with Crippen LogP contribution in [0.4, 0.5) is 0 Å². The lowest BCUT2D eigenvalue weighted by molar-refractivity contribution is 0.467. The van der Waals surface area contributed by atoms with Crippen molar-refractivity contribution in [2.45, 2.75) is 13.8 Å². The van der Waals surface area contributed by atoms with Crippen molar-refractivity contribution in [3.8, 4) is 5.75 Å². The van der Waals surface area contributed by atoms with E-state index in [2.05, 4.69) is 0 Å². The zero-order chi connectivity index (χ0) is 10.3. The summed E-state index contributed by atoms with van der Waals surface area (Å²) in [6, 6.07) is 4.84. The van der Waals surface area contributed by atoms with Gasteiger partial charge < -0.3 is 9.52 Å². The van der Waals surface area contributed by atoms with Crippen molar-refractivity contribution in [2.24, 2.45) is 0 Å². The van der Waals surface area contributed by atoms with Gasteiger partial charge in [0.15, 0.2) is 0 Å². The third-order valence-electron chi connectivity index (χ3n) is 2.28. The highest BCUT2D eigenvalue weighted by molar-refractivity contribution is 5.88. The van der Waals surface area contributed by atoms with Crippen LogP contribution in [0.1, 0.15) is 11.1 Å². The largest absolute Gasteiger partial charge is 0.507 e. The molecule has 0 aliphatic rings. The fourth-order valence-corrected chi connectivity index (χ4v) is 1.55. The van der Waals surface area contributed by atoms with E-state index in [4.69, 9.17) is 4.42 Å². The highest BCUT2D eigenvalue weighted by Crippen LogP contribution is 2.27. The Morgan fingerprint density at radius 3 is 2.57 bits per heavy atom. The van der Waals surface area contributed by atoms with Gasteiger partial charge in [-0.1, -0.05) is 12.1 Å². The van der Waals surface area contributed by atoms with Crippen LogP contribution in [0.5, 0.6) is 5.75 Å². The molecule has 3 heteroatoms. The predicted molar refractivity (Wildman–Crippen MR) is 53.6 cm³/mol. The molecule has 1 aromatic heterocycles. The van der Waals surface area contributed by atoms with Gasteiger partial charge in [0, 0.05) is 0 Å². The van der Waals surface area contributed by atoms with E-state index in [0.29, 0.717) is 11.0 Å². The molecule has 0 saturated carbocycles. The van der Waals surface area contributed by atoms with Gasteiger partial charge >= 0.3 is 5.63 Å². The lowest BCUT2D eigenvalue weighted by Crippen LogP contribution is -1.97. The molecule has 0 spiro atoms. The standard InChI is InChI=1S/C11H10O3/c1-6-3-4-7(2)11-10(6)8(12)5-9(13)14-11/h3-5,12H,1-2H3. The quantitative estimate of drug-likeness (QED) is 0.647. The lowest BCUT2D eigenvalue weighted by atomic mass is 10.1. The number of benzene rings is 1. The number of aromatic hydroxyl groups is 1. The van der Waals surface area contributed by atoms with Crippen LogP contribution in [0.3, 0.4) is 0 Å². The number of aryl methyl sites for hydroxylation is 2. The van der Waals surface area contributed by atoms with E-state index in [1.165, 1.54) is 0 Å². The van der Waals surface area contributed by atoms with Gasteiger partial charge in [-0.2, -0.15) is 0 Å². The molecular weight excluding hydrogens is 180 g/mol. The van der Waals surface area contributed by atoms with E-state index in [1.54, 1.807) is 0 Å². The zero-order valence-electron chi connectivity index (χ0n) is 8.00. The highest BCUT2D eigenvalue weighted by Gasteiger charge is 2.08. The summed E-state index contributed by atoms with van der Waals surface area (Å²) in [7, 11) is 0. The van der Waals surface area contributed by atoms with Gasteiger partial charge in [0.25, 0.3) is 0 Å². The van der Waals surface area contributed by atoms with E-state index in [1.807, 2.05) is 26.0 Å². The molecule has 0 aliphatic carbocycles. The van der Waals surface area contributed by atoms with Crippen molar-refractivity contribution >= 4 is 11.0 Å². The maximum atomic E-state index is 11.0. The molecule has 2 rings (SSSR count). The maximum Gasteiger partial charge on any atom is 0.339 e. The van der Waals surface area contributed by atoms with Crippen molar-refractivity contribution in [1.82, 2.24) is 0 Å². The summed E-state index contributed by atoms with van der Waals surface area (Å²) in [5, 5.41) is 10.2. The number of hydrogen-bond donors (Lipinski definition) is 1. The SMILES string of the molecule is Cc1ccc(C)c2c(O)cc(=O)oc12. The topological polar surface area (TPSA) is 50.4 Å². The van der Waals surface area contributed by atoms with Crippen LogP contribution >= 0.6 is 0 Å². The molecule has 0 bridgehead atoms. The minimum atomic E-state index is -0.524. The Morgan fingerprint density at radius 2 is 1.86 bits per heavy atom. The first-order chi connectivity index (χ1) is 6.59. The van der Waals surface area contributed by atoms with E-state index in [9.17, 15) is 9.90 Å². The Bertz CT molecular complexity index is 552. The molecular formula is C11H10O3. The molecule has 1 N–H and O–H groups in total. The molecule has 0 amide bonds. The van der Waals surface area contributed by atoms with Crippen molar-refractivity contribution in [2.75, 3.05) is 0 Å². The molecule has 0 fully saturated rings. The van der Waals surface area contributed by atoms with Crippen LogP contribution in [0.2, 0.25) is 0 Å². The van der Waals surface area contributed by atoms with E-state index in [0.717, 1.165) is 17.2 Å². The number of fused-ring (bicyclic) bond motifs is 1. The first-order valence-corrected chi connectivity index (χ1v) is 4.32. The molecule has 0 atom stereocenters. The van der Waals surface area contributed by atoms with Crippen molar-refractivity contribution in [1.29, 1.82) is 0 Å². The Balaban J connectivity index is 3.07. The summed E-state index contributed by atoms with van der Waals surface area (Å²) in [4.78, 5) is 11.0. The molecule has 72 valence electrons. The first kappa shape index (κ1) is 8.81. The molecule has 1 heterocycles. The van der Waals surface area contributed by atoms with Gasteiger partial charge in [-0.15, -0.1) is 0 Å². The summed E-state index contributed by atoms with van der Waals surface area (Å²) < 4.78 is 5.04. The van der Waals surface area contributed by atoms with Crippen LogP contribution in [-0.2, 0) is 0 Å². The number of hydrogen-bond acceptors (Lipinski definition) is 3. The molecule has 0 saturated heterocycles. The summed E-state index contributed by atoms with van der Waals surface area (Å²) >= 11 is 0. The predicted octanol–water partition coefficient (Wildman–Crippen LogP) is 2.12. The van der Waals surface area contributed by atoms with Crippen molar-refractivity contribution in [3.63, 3.8) is 0 Å². The molecule has 14 heavy (non-hydrogen) atoms. The second-order valence-corrected chi connectivity index (χ2v) is 3.35. The molecule has 1 aromatic carbocycles. The van der Waals surface area contributed by atoms with Crippen LogP contribution in [0.15, 0.2) is 27.4 Å². The number of rotatable bonds is 0. The Labute approximate surface area is 80.6 Å². The maximum absolute atomic E-state index is 11.0. The van der Waals surface area contributed by atoms with Crippen molar-refractivity contribution in [3.05, 3.63) is 39.7 Å². The third-order valence-corrected chi connectivity index (χ3v) is 2.28. The van der Waals surface area contributed by atoms with E-state index in [-0.39, 0.29) is 5.75 Å². The second-order valence-electron chi connectivity index (χ2n) is 3.35. The Hall–Kier alpha value is -1.77. The average molecular weight is 190 g/mol. The molecule has 0 aliphatic heterocycles. The van der Waals surface area contributed by atoms with Gasteiger partial charge in [0.2, 0.25) is 0 Å². The van der Waals surface area contributed by atoms with Crippen LogP contribution in [-0.4, -0.2) is 5.11 Å². The summed E-state index contributed by atoms with van der Waals surface area (Å²) in [5.41, 5.74) is 1.68. The van der Waals surface area contributed by atoms with E-state index < -0.39 is 5.63 Å². The van der Waals surface area contributed by atoms with Gasteiger partial charge in [0.1, 0.15) is 11.3 Å². The average Bonchev–Trinajstić information content (AvgIpc) is 2.10. The molecule has 3 nitrogen and oxygen atoms in total. The Morgan fingerprint density at radius 1 is 1.21 bits per heavy atom. The summed E-state index contributed by atoms with van der Waals surface area (Å²) in [6.07, 6.45) is 0. The Kier molecular flexibility index (Phi) is 1.81. The van der Waals surface area contributed by atoms with Gasteiger partial charge in [-0.3, -0.25) is 0 Å².